The van der Waals surface area contributed by atoms with Crippen LogP contribution in [0.1, 0.15) is 46.7 Å². The number of nitriles is 1. The third-order valence-corrected chi connectivity index (χ3v) is 3.93. The van der Waals surface area contributed by atoms with Crippen molar-refractivity contribution in [2.24, 2.45) is 0 Å². The van der Waals surface area contributed by atoms with Gasteiger partial charge in [-0.2, -0.15) is 5.26 Å². The molecular formula is C19H21N3. The first-order chi connectivity index (χ1) is 10.5. The summed E-state index contributed by atoms with van der Waals surface area (Å²) in [5.74, 6) is 0. The average Bonchev–Trinajstić information content (AvgIpc) is 2.49. The Balaban J connectivity index is 2.72. The van der Waals surface area contributed by atoms with Crippen LogP contribution in [0, 0.1) is 32.1 Å². The van der Waals surface area contributed by atoms with Crippen molar-refractivity contribution < 1.29 is 0 Å². The van der Waals surface area contributed by atoms with Gasteiger partial charge >= 0.3 is 0 Å². The number of benzene rings is 1. The predicted octanol–water partition coefficient (Wildman–Crippen LogP) is 4.30. The molecule has 0 bridgehead atoms. The van der Waals surface area contributed by atoms with Gasteiger partial charge in [-0.3, -0.25) is 4.98 Å². The fraction of sp³-hybridized carbons (Fsp3) is 0.263. The van der Waals surface area contributed by atoms with Crippen molar-refractivity contribution in [3.8, 4) is 6.07 Å². The van der Waals surface area contributed by atoms with E-state index in [4.69, 9.17) is 5.73 Å². The van der Waals surface area contributed by atoms with Gasteiger partial charge < -0.3 is 5.73 Å². The maximum Gasteiger partial charge on any atom is 0.0994 e. The van der Waals surface area contributed by atoms with Crippen molar-refractivity contribution in [1.29, 1.82) is 5.26 Å². The number of hydrogen-bond donors (Lipinski definition) is 1. The second-order valence-electron chi connectivity index (χ2n) is 5.52. The Morgan fingerprint density at radius 1 is 1.18 bits per heavy atom. The van der Waals surface area contributed by atoms with Crippen molar-refractivity contribution in [2.45, 2.75) is 34.1 Å². The van der Waals surface area contributed by atoms with Crippen LogP contribution < -0.4 is 5.73 Å². The summed E-state index contributed by atoms with van der Waals surface area (Å²) < 4.78 is 0. The molecular weight excluding hydrogens is 270 g/mol. The van der Waals surface area contributed by atoms with Crippen molar-refractivity contribution in [3.05, 3.63) is 64.0 Å². The van der Waals surface area contributed by atoms with Gasteiger partial charge in [0.2, 0.25) is 0 Å². The fourth-order valence-corrected chi connectivity index (χ4v) is 2.64. The normalized spacial score (nSPS) is 11.3. The molecule has 0 atom stereocenters. The number of rotatable bonds is 3. The summed E-state index contributed by atoms with van der Waals surface area (Å²) >= 11 is 0. The molecule has 1 aromatic carbocycles. The Morgan fingerprint density at radius 3 is 2.55 bits per heavy atom. The topological polar surface area (TPSA) is 62.7 Å². The highest BCUT2D eigenvalue weighted by atomic mass is 14.7. The zero-order valence-electron chi connectivity index (χ0n) is 13.6. The highest BCUT2D eigenvalue weighted by Gasteiger charge is 2.14. The third kappa shape index (κ3) is 2.87. The number of nitrogens with zero attached hydrogens (tertiary/aromatic N) is 2. The molecule has 1 aromatic heterocycles. The maximum absolute atomic E-state index is 9.31. The second-order valence-corrected chi connectivity index (χ2v) is 5.52. The first kappa shape index (κ1) is 15.8. The van der Waals surface area contributed by atoms with Crippen molar-refractivity contribution in [2.75, 3.05) is 5.73 Å². The van der Waals surface area contributed by atoms with E-state index in [1.54, 1.807) is 6.20 Å². The molecule has 0 spiro atoms. The number of aryl methyl sites for hydroxylation is 2. The van der Waals surface area contributed by atoms with E-state index in [0.717, 1.165) is 39.8 Å². The summed E-state index contributed by atoms with van der Waals surface area (Å²) in [5, 5.41) is 9.31. The van der Waals surface area contributed by atoms with E-state index in [9.17, 15) is 5.26 Å². The molecule has 3 heteroatoms. The largest absolute Gasteiger partial charge is 0.397 e. The molecule has 0 aliphatic heterocycles. The monoisotopic (exact) mass is 291 g/mol. The highest BCUT2D eigenvalue weighted by Crippen LogP contribution is 2.31. The molecule has 0 fully saturated rings. The molecule has 0 unspecified atom stereocenters. The summed E-state index contributed by atoms with van der Waals surface area (Å²) in [6.45, 7) is 8.14. The Hall–Kier alpha value is -2.60. The molecule has 0 radical (unpaired) electrons. The van der Waals surface area contributed by atoms with Crippen LogP contribution in [0.4, 0.5) is 5.69 Å². The molecule has 1 heterocycles. The van der Waals surface area contributed by atoms with Gasteiger partial charge in [-0.25, -0.2) is 0 Å². The van der Waals surface area contributed by atoms with E-state index in [1.165, 1.54) is 0 Å². The SMILES string of the molecule is CC/C=C(\c1cc(C#N)c(C)cc1C)c1cncc(N)c1C. The van der Waals surface area contributed by atoms with Gasteiger partial charge in [0, 0.05) is 11.8 Å². The summed E-state index contributed by atoms with van der Waals surface area (Å²) in [7, 11) is 0. The van der Waals surface area contributed by atoms with Crippen LogP contribution in [0.15, 0.2) is 30.6 Å². The molecule has 0 aliphatic rings. The minimum atomic E-state index is 0.685. The summed E-state index contributed by atoms with van der Waals surface area (Å²) in [4.78, 5) is 4.23. The second kappa shape index (κ2) is 6.44. The number of pyridine rings is 1. The van der Waals surface area contributed by atoms with Gasteiger partial charge in [0.1, 0.15) is 0 Å². The number of aromatic nitrogens is 1. The molecule has 0 saturated heterocycles. The maximum atomic E-state index is 9.31. The number of nitrogens with two attached hydrogens (primary N) is 1. The van der Waals surface area contributed by atoms with Crippen LogP contribution >= 0.6 is 0 Å². The first-order valence-corrected chi connectivity index (χ1v) is 7.41. The van der Waals surface area contributed by atoms with Gasteiger partial charge in [0.25, 0.3) is 0 Å². The zero-order chi connectivity index (χ0) is 16.3. The van der Waals surface area contributed by atoms with E-state index in [2.05, 4.69) is 37.0 Å². The smallest absolute Gasteiger partial charge is 0.0994 e. The van der Waals surface area contributed by atoms with Crippen LogP contribution in [-0.4, -0.2) is 4.98 Å². The van der Waals surface area contributed by atoms with Gasteiger partial charge in [0.15, 0.2) is 0 Å². The average molecular weight is 291 g/mol. The standard InChI is InChI=1S/C19H21N3/c1-5-6-16(18-10-22-11-19(21)14(18)4)17-8-15(9-20)12(2)7-13(17)3/h6-8,10-11H,5,21H2,1-4H3/b16-6+. The Labute approximate surface area is 132 Å². The summed E-state index contributed by atoms with van der Waals surface area (Å²) in [6, 6.07) is 6.30. The molecule has 0 aliphatic carbocycles. The summed E-state index contributed by atoms with van der Waals surface area (Å²) in [5.41, 5.74) is 13.8. The Bertz CT molecular complexity index is 780. The number of hydrogen-bond acceptors (Lipinski definition) is 3. The predicted molar refractivity (Wildman–Crippen MR) is 91.4 cm³/mol. The molecule has 0 amide bonds. The molecule has 3 nitrogen and oxygen atoms in total. The molecule has 2 N–H and O–H groups in total. The first-order valence-electron chi connectivity index (χ1n) is 7.41. The van der Waals surface area contributed by atoms with E-state index in [1.807, 2.05) is 26.1 Å². The van der Waals surface area contributed by atoms with Crippen LogP contribution in [0.25, 0.3) is 5.57 Å². The molecule has 0 saturated carbocycles. The van der Waals surface area contributed by atoms with Gasteiger partial charge in [-0.1, -0.05) is 19.1 Å². The lowest BCUT2D eigenvalue weighted by atomic mass is 9.89. The number of nitrogen functional groups attached to an aromatic ring is 1. The zero-order valence-corrected chi connectivity index (χ0v) is 13.6. The lowest BCUT2D eigenvalue weighted by Gasteiger charge is -2.16. The third-order valence-electron chi connectivity index (χ3n) is 3.93. The number of allylic oxidation sites excluding steroid dienone is 1. The Kier molecular flexibility index (Phi) is 4.62. The Morgan fingerprint density at radius 2 is 1.91 bits per heavy atom. The minimum absolute atomic E-state index is 0.685. The highest BCUT2D eigenvalue weighted by molar-refractivity contribution is 5.84. The van der Waals surface area contributed by atoms with E-state index in [-0.39, 0.29) is 0 Å². The van der Waals surface area contributed by atoms with Gasteiger partial charge in [0.05, 0.1) is 23.5 Å². The van der Waals surface area contributed by atoms with E-state index < -0.39 is 0 Å². The van der Waals surface area contributed by atoms with Crippen molar-refractivity contribution in [3.63, 3.8) is 0 Å². The van der Waals surface area contributed by atoms with Crippen LogP contribution in [-0.2, 0) is 0 Å². The van der Waals surface area contributed by atoms with Crippen LogP contribution in [0.2, 0.25) is 0 Å². The van der Waals surface area contributed by atoms with Crippen LogP contribution in [0.5, 0.6) is 0 Å². The van der Waals surface area contributed by atoms with Gasteiger partial charge in [-0.05, 0) is 61.1 Å². The van der Waals surface area contributed by atoms with E-state index in [0.29, 0.717) is 11.3 Å². The fourth-order valence-electron chi connectivity index (χ4n) is 2.64. The molecule has 2 rings (SSSR count). The molecule has 2 aromatic rings. The van der Waals surface area contributed by atoms with Crippen molar-refractivity contribution in [1.82, 2.24) is 4.98 Å². The van der Waals surface area contributed by atoms with E-state index >= 15 is 0 Å². The van der Waals surface area contributed by atoms with Gasteiger partial charge in [-0.15, -0.1) is 0 Å². The molecule has 112 valence electrons. The molecule has 22 heavy (non-hydrogen) atoms. The van der Waals surface area contributed by atoms with Crippen molar-refractivity contribution >= 4 is 11.3 Å². The summed E-state index contributed by atoms with van der Waals surface area (Å²) in [6.07, 6.45) is 6.59. The quantitative estimate of drug-likeness (QED) is 0.917. The minimum Gasteiger partial charge on any atom is -0.397 e. The van der Waals surface area contributed by atoms with Crippen LogP contribution in [0.3, 0.4) is 0 Å². The number of anilines is 1. The lowest BCUT2D eigenvalue weighted by molar-refractivity contribution is 1.20. The lowest BCUT2D eigenvalue weighted by Crippen LogP contribution is -2.00.